The molecule has 1 fully saturated rings. The molecular formula is C22H21NO6. The van der Waals surface area contributed by atoms with E-state index in [0.717, 1.165) is 12.1 Å². The minimum absolute atomic E-state index is 0.0760. The van der Waals surface area contributed by atoms with Crippen molar-refractivity contribution in [1.29, 1.82) is 0 Å². The largest absolute Gasteiger partial charge is 0.457 e. The van der Waals surface area contributed by atoms with Gasteiger partial charge in [0.2, 0.25) is 12.7 Å². The molecule has 2 aromatic carbocycles. The Kier molecular flexibility index (Phi) is 5.20. The van der Waals surface area contributed by atoms with Gasteiger partial charge in [0.25, 0.3) is 0 Å². The summed E-state index contributed by atoms with van der Waals surface area (Å²) in [5.74, 6) is -0.521. The molecule has 0 spiro atoms. The number of amides is 1. The summed E-state index contributed by atoms with van der Waals surface area (Å²) in [6.07, 6.45) is 0.993. The van der Waals surface area contributed by atoms with Crippen LogP contribution >= 0.6 is 0 Å². The summed E-state index contributed by atoms with van der Waals surface area (Å²) in [6.45, 7) is 2.05. The quantitative estimate of drug-likeness (QED) is 0.553. The van der Waals surface area contributed by atoms with E-state index in [9.17, 15) is 14.4 Å². The maximum absolute atomic E-state index is 12.4. The Balaban J connectivity index is 1.34. The van der Waals surface area contributed by atoms with Crippen molar-refractivity contribution < 1.29 is 28.6 Å². The van der Waals surface area contributed by atoms with Crippen molar-refractivity contribution in [2.24, 2.45) is 5.92 Å². The lowest BCUT2D eigenvalue weighted by Gasteiger charge is -2.17. The van der Waals surface area contributed by atoms with Crippen LogP contribution in [0.15, 0.2) is 42.5 Å². The Morgan fingerprint density at radius 3 is 2.62 bits per heavy atom. The van der Waals surface area contributed by atoms with Gasteiger partial charge in [-0.15, -0.1) is 0 Å². The average molecular weight is 395 g/mol. The van der Waals surface area contributed by atoms with Crippen molar-refractivity contribution in [1.82, 2.24) is 0 Å². The molecule has 0 aliphatic carbocycles. The van der Waals surface area contributed by atoms with Gasteiger partial charge < -0.3 is 19.1 Å². The molecule has 0 aromatic heterocycles. The average Bonchev–Trinajstić information content (AvgIpc) is 3.37. The summed E-state index contributed by atoms with van der Waals surface area (Å²) >= 11 is 0. The number of carbonyl (C=O) groups excluding carboxylic acids is 3. The molecule has 1 atom stereocenters. The standard InChI is InChI=1S/C22H21NO6/c1-2-14-3-6-17(7-4-14)23-11-16(10-21(23)25)22(26)27-12-18(24)15-5-8-19-20(9-15)29-13-28-19/h3-9,16H,2,10-13H2,1H3/t16-/m0/s1. The molecule has 0 N–H and O–H groups in total. The summed E-state index contributed by atoms with van der Waals surface area (Å²) in [4.78, 5) is 38.6. The van der Waals surface area contributed by atoms with Crippen molar-refractivity contribution in [2.45, 2.75) is 19.8 Å². The lowest BCUT2D eigenvalue weighted by molar-refractivity contribution is -0.147. The summed E-state index contributed by atoms with van der Waals surface area (Å²) < 4.78 is 15.7. The summed E-state index contributed by atoms with van der Waals surface area (Å²) in [5.41, 5.74) is 2.32. The van der Waals surface area contributed by atoms with E-state index in [0.29, 0.717) is 17.1 Å². The second-order valence-corrected chi connectivity index (χ2v) is 7.02. The monoisotopic (exact) mass is 395 g/mol. The number of hydrogen-bond acceptors (Lipinski definition) is 6. The minimum atomic E-state index is -0.585. The zero-order valence-electron chi connectivity index (χ0n) is 16.1. The van der Waals surface area contributed by atoms with Gasteiger partial charge in [-0.2, -0.15) is 0 Å². The number of carbonyl (C=O) groups is 3. The third kappa shape index (κ3) is 3.94. The number of aryl methyl sites for hydroxylation is 1. The first kappa shape index (κ1) is 19.0. The van der Waals surface area contributed by atoms with E-state index < -0.39 is 11.9 Å². The summed E-state index contributed by atoms with van der Waals surface area (Å²) in [6, 6.07) is 12.5. The van der Waals surface area contributed by atoms with E-state index in [1.807, 2.05) is 24.3 Å². The van der Waals surface area contributed by atoms with Gasteiger partial charge in [-0.1, -0.05) is 19.1 Å². The van der Waals surface area contributed by atoms with Crippen LogP contribution in [0.3, 0.4) is 0 Å². The van der Waals surface area contributed by atoms with E-state index in [1.54, 1.807) is 23.1 Å². The molecule has 0 saturated carbocycles. The Morgan fingerprint density at radius 1 is 1.10 bits per heavy atom. The zero-order chi connectivity index (χ0) is 20.4. The molecule has 0 bridgehead atoms. The van der Waals surface area contributed by atoms with E-state index in [-0.39, 0.29) is 38.1 Å². The molecule has 1 amide bonds. The second kappa shape index (κ2) is 7.95. The second-order valence-electron chi connectivity index (χ2n) is 7.02. The molecule has 0 radical (unpaired) electrons. The van der Waals surface area contributed by atoms with Crippen molar-refractivity contribution >= 4 is 23.3 Å². The smallest absolute Gasteiger partial charge is 0.311 e. The number of esters is 1. The van der Waals surface area contributed by atoms with Gasteiger partial charge in [-0.3, -0.25) is 14.4 Å². The van der Waals surface area contributed by atoms with Crippen molar-refractivity contribution in [3.63, 3.8) is 0 Å². The number of fused-ring (bicyclic) bond motifs is 1. The van der Waals surface area contributed by atoms with Crippen LogP contribution in [0.5, 0.6) is 11.5 Å². The number of nitrogens with zero attached hydrogens (tertiary/aromatic N) is 1. The van der Waals surface area contributed by atoms with E-state index in [2.05, 4.69) is 6.92 Å². The van der Waals surface area contributed by atoms with Gasteiger partial charge in [0, 0.05) is 24.2 Å². The van der Waals surface area contributed by atoms with Crippen LogP contribution in [0.2, 0.25) is 0 Å². The fourth-order valence-electron chi connectivity index (χ4n) is 3.43. The first-order valence-electron chi connectivity index (χ1n) is 9.54. The molecule has 150 valence electrons. The molecule has 29 heavy (non-hydrogen) atoms. The summed E-state index contributed by atoms with van der Waals surface area (Å²) in [5, 5.41) is 0. The fraction of sp³-hybridized carbons (Fsp3) is 0.318. The Hall–Kier alpha value is -3.35. The lowest BCUT2D eigenvalue weighted by Crippen LogP contribution is -2.27. The van der Waals surface area contributed by atoms with Crippen LogP contribution < -0.4 is 14.4 Å². The number of Topliss-reactive ketones (excluding diaryl/α,β-unsaturated/α-hetero) is 1. The molecule has 1 saturated heterocycles. The van der Waals surface area contributed by atoms with Gasteiger partial charge in [-0.05, 0) is 42.3 Å². The molecule has 7 heteroatoms. The highest BCUT2D eigenvalue weighted by atomic mass is 16.7. The Bertz CT molecular complexity index is 952. The summed E-state index contributed by atoms with van der Waals surface area (Å²) in [7, 11) is 0. The van der Waals surface area contributed by atoms with Crippen LogP contribution in [-0.4, -0.2) is 37.6 Å². The fourth-order valence-corrected chi connectivity index (χ4v) is 3.43. The van der Waals surface area contributed by atoms with Crippen LogP contribution in [0.1, 0.15) is 29.3 Å². The van der Waals surface area contributed by atoms with Gasteiger partial charge in [0.15, 0.2) is 23.9 Å². The topological polar surface area (TPSA) is 82.1 Å². The first-order valence-corrected chi connectivity index (χ1v) is 9.54. The molecule has 2 aromatic rings. The molecule has 0 unspecified atom stereocenters. The van der Waals surface area contributed by atoms with E-state index >= 15 is 0 Å². The third-order valence-corrected chi connectivity index (χ3v) is 5.15. The predicted molar refractivity (Wildman–Crippen MR) is 104 cm³/mol. The Labute approximate surface area is 168 Å². The molecule has 2 heterocycles. The maximum atomic E-state index is 12.4. The van der Waals surface area contributed by atoms with Gasteiger partial charge in [0.05, 0.1) is 5.92 Å². The third-order valence-electron chi connectivity index (χ3n) is 5.15. The van der Waals surface area contributed by atoms with Crippen molar-refractivity contribution in [3.05, 3.63) is 53.6 Å². The number of hydrogen-bond donors (Lipinski definition) is 0. The normalized spacial score (nSPS) is 17.5. The number of rotatable bonds is 6. The van der Waals surface area contributed by atoms with E-state index in [1.165, 1.54) is 5.56 Å². The van der Waals surface area contributed by atoms with E-state index in [4.69, 9.17) is 14.2 Å². The minimum Gasteiger partial charge on any atom is -0.457 e. The highest BCUT2D eigenvalue weighted by Gasteiger charge is 2.36. The van der Waals surface area contributed by atoms with Crippen molar-refractivity contribution in [3.8, 4) is 11.5 Å². The van der Waals surface area contributed by atoms with Gasteiger partial charge in [0.1, 0.15) is 0 Å². The van der Waals surface area contributed by atoms with Crippen molar-refractivity contribution in [2.75, 3.05) is 24.8 Å². The van der Waals surface area contributed by atoms with Crippen LogP contribution in [0, 0.1) is 5.92 Å². The number of benzene rings is 2. The SMILES string of the molecule is CCc1ccc(N2C[C@@H](C(=O)OCC(=O)c3ccc4c(c3)OCO4)CC2=O)cc1. The Morgan fingerprint density at radius 2 is 1.86 bits per heavy atom. The number of anilines is 1. The predicted octanol–water partition coefficient (Wildman–Crippen LogP) is 2.76. The molecule has 2 aliphatic rings. The molecule has 4 rings (SSSR count). The maximum Gasteiger partial charge on any atom is 0.311 e. The number of ether oxygens (including phenoxy) is 3. The zero-order valence-corrected chi connectivity index (χ0v) is 16.1. The van der Waals surface area contributed by atoms with Crippen LogP contribution in [0.4, 0.5) is 5.69 Å². The van der Waals surface area contributed by atoms with Gasteiger partial charge in [-0.25, -0.2) is 0 Å². The number of ketones is 1. The molecule has 2 aliphatic heterocycles. The lowest BCUT2D eigenvalue weighted by atomic mass is 10.1. The highest BCUT2D eigenvalue weighted by molar-refractivity contribution is 6.01. The van der Waals surface area contributed by atoms with Crippen LogP contribution in [0.25, 0.3) is 0 Å². The van der Waals surface area contributed by atoms with Crippen LogP contribution in [-0.2, 0) is 20.7 Å². The first-order chi connectivity index (χ1) is 14.0. The molecular weight excluding hydrogens is 374 g/mol. The highest BCUT2D eigenvalue weighted by Crippen LogP contribution is 2.32. The van der Waals surface area contributed by atoms with Gasteiger partial charge >= 0.3 is 5.97 Å². The molecule has 7 nitrogen and oxygen atoms in total.